The summed E-state index contributed by atoms with van der Waals surface area (Å²) in [4.78, 5) is 15.3. The summed E-state index contributed by atoms with van der Waals surface area (Å²) in [6, 6.07) is 19.5. The molecule has 1 aliphatic rings. The van der Waals surface area contributed by atoms with Crippen molar-refractivity contribution >= 4 is 23.4 Å². The number of benzene rings is 2. The minimum atomic E-state index is -0.0849. The maximum Gasteiger partial charge on any atom is 0.305 e. The summed E-state index contributed by atoms with van der Waals surface area (Å²) in [6.07, 6.45) is 6.37. The predicted octanol–water partition coefficient (Wildman–Crippen LogP) is 5.88. The molecule has 1 N–H and O–H groups in total. The molecule has 174 valence electrons. The van der Waals surface area contributed by atoms with E-state index < -0.39 is 0 Å². The molecule has 1 saturated heterocycles. The molecule has 1 heterocycles. The van der Waals surface area contributed by atoms with E-state index in [9.17, 15) is 4.79 Å². The molecule has 0 spiro atoms. The highest BCUT2D eigenvalue weighted by atomic mass is 32.2. The molecule has 0 radical (unpaired) electrons. The lowest BCUT2D eigenvalue weighted by molar-refractivity contribution is -0.143. The van der Waals surface area contributed by atoms with Gasteiger partial charge < -0.3 is 15.0 Å². The largest absolute Gasteiger partial charge is 0.466 e. The van der Waals surface area contributed by atoms with Gasteiger partial charge in [-0.25, -0.2) is 0 Å². The zero-order chi connectivity index (χ0) is 22.4. The molecule has 0 unspecified atom stereocenters. The Morgan fingerprint density at radius 1 is 1.06 bits per heavy atom. The van der Waals surface area contributed by atoms with Crippen molar-refractivity contribution in [1.82, 2.24) is 4.90 Å². The van der Waals surface area contributed by atoms with Crippen molar-refractivity contribution in [1.29, 1.82) is 0 Å². The number of hydrogen-bond donors (Lipinski definition) is 1. The number of ether oxygens (including phenoxy) is 1. The van der Waals surface area contributed by atoms with Gasteiger partial charge in [-0.05, 0) is 100 Å². The fourth-order valence-electron chi connectivity index (χ4n) is 4.20. The Morgan fingerprint density at radius 3 is 2.53 bits per heavy atom. The predicted molar refractivity (Wildman–Crippen MR) is 135 cm³/mol. The molecule has 5 heteroatoms. The average molecular weight is 455 g/mol. The zero-order valence-electron chi connectivity index (χ0n) is 19.4. The molecule has 32 heavy (non-hydrogen) atoms. The van der Waals surface area contributed by atoms with Gasteiger partial charge in [0.1, 0.15) is 0 Å². The Hall–Kier alpha value is -1.98. The second kappa shape index (κ2) is 14.2. The molecule has 0 aliphatic carbocycles. The van der Waals surface area contributed by atoms with Crippen LogP contribution in [0.1, 0.15) is 44.6 Å². The van der Waals surface area contributed by atoms with Crippen molar-refractivity contribution < 1.29 is 9.53 Å². The highest BCUT2D eigenvalue weighted by molar-refractivity contribution is 7.99. The van der Waals surface area contributed by atoms with Gasteiger partial charge in [0.2, 0.25) is 0 Å². The summed E-state index contributed by atoms with van der Waals surface area (Å²) in [6.45, 7) is 7.00. The smallest absolute Gasteiger partial charge is 0.305 e. The topological polar surface area (TPSA) is 41.6 Å². The third-order valence-corrected chi connectivity index (χ3v) is 7.11. The normalized spacial score (nSPS) is 14.9. The number of thioether (sulfide) groups is 1. The average Bonchev–Trinajstić information content (AvgIpc) is 2.82. The molecular formula is C27H38N2O2S. The standard InChI is InChI=1S/C27H38N2O2S/c1-2-31-27(30)10-6-21-32-26-13-11-23(12-14-26)22-24-15-19-29(20-16-24)18-7-17-28-25-8-4-3-5-9-25/h3-5,8-9,11-14,24,28H,2,6-7,10,15-22H2,1H3. The van der Waals surface area contributed by atoms with Gasteiger partial charge in [-0.1, -0.05) is 30.3 Å². The van der Waals surface area contributed by atoms with Crippen LogP contribution in [0.5, 0.6) is 0 Å². The van der Waals surface area contributed by atoms with Crippen LogP contribution in [-0.4, -0.2) is 49.4 Å². The summed E-state index contributed by atoms with van der Waals surface area (Å²) in [5.41, 5.74) is 2.67. The Kier molecular flexibility index (Phi) is 11.0. The molecule has 3 rings (SSSR count). The molecule has 0 amide bonds. The highest BCUT2D eigenvalue weighted by Gasteiger charge is 2.19. The third-order valence-electron chi connectivity index (χ3n) is 6.01. The number of esters is 1. The molecule has 0 saturated carbocycles. The van der Waals surface area contributed by atoms with E-state index in [0.717, 1.165) is 24.6 Å². The van der Waals surface area contributed by atoms with Gasteiger partial charge in [0.15, 0.2) is 0 Å². The maximum absolute atomic E-state index is 11.4. The van der Waals surface area contributed by atoms with E-state index >= 15 is 0 Å². The lowest BCUT2D eigenvalue weighted by Crippen LogP contribution is -2.35. The second-order valence-electron chi connectivity index (χ2n) is 8.54. The van der Waals surface area contributed by atoms with Crippen LogP contribution in [0, 0.1) is 5.92 Å². The van der Waals surface area contributed by atoms with Crippen molar-refractivity contribution in [2.75, 3.05) is 43.9 Å². The van der Waals surface area contributed by atoms with Crippen LogP contribution in [0.4, 0.5) is 5.69 Å². The number of rotatable bonds is 13. The van der Waals surface area contributed by atoms with E-state index in [2.05, 4.69) is 64.8 Å². The first-order chi connectivity index (χ1) is 15.7. The van der Waals surface area contributed by atoms with Crippen molar-refractivity contribution in [3.05, 3.63) is 60.2 Å². The van der Waals surface area contributed by atoms with Crippen molar-refractivity contribution in [2.24, 2.45) is 5.92 Å². The molecule has 0 aromatic heterocycles. The molecule has 4 nitrogen and oxygen atoms in total. The lowest BCUT2D eigenvalue weighted by atomic mass is 9.90. The highest BCUT2D eigenvalue weighted by Crippen LogP contribution is 2.24. The van der Waals surface area contributed by atoms with Gasteiger partial charge >= 0.3 is 5.97 Å². The monoisotopic (exact) mass is 454 g/mol. The molecule has 0 atom stereocenters. The first-order valence-electron chi connectivity index (χ1n) is 12.1. The van der Waals surface area contributed by atoms with E-state index in [-0.39, 0.29) is 5.97 Å². The fourth-order valence-corrected chi connectivity index (χ4v) is 5.05. The molecule has 1 aliphatic heterocycles. The Morgan fingerprint density at radius 2 is 1.81 bits per heavy atom. The van der Waals surface area contributed by atoms with Gasteiger partial charge in [0, 0.05) is 23.5 Å². The molecule has 1 fully saturated rings. The van der Waals surface area contributed by atoms with E-state index in [1.807, 2.05) is 18.7 Å². The number of piperidine rings is 1. The van der Waals surface area contributed by atoms with E-state index in [0.29, 0.717) is 13.0 Å². The van der Waals surface area contributed by atoms with Crippen LogP contribution in [-0.2, 0) is 16.0 Å². The Labute approximate surface area is 198 Å². The number of nitrogens with zero attached hydrogens (tertiary/aromatic N) is 1. The lowest BCUT2D eigenvalue weighted by Gasteiger charge is -2.32. The number of anilines is 1. The number of carbonyl (C=O) groups excluding carboxylic acids is 1. The third kappa shape index (κ3) is 9.25. The first-order valence-corrected chi connectivity index (χ1v) is 13.1. The van der Waals surface area contributed by atoms with Crippen LogP contribution in [0.3, 0.4) is 0 Å². The number of nitrogens with one attached hydrogen (secondary N) is 1. The van der Waals surface area contributed by atoms with Gasteiger partial charge in [-0.2, -0.15) is 0 Å². The van der Waals surface area contributed by atoms with Gasteiger partial charge in [-0.3, -0.25) is 4.79 Å². The van der Waals surface area contributed by atoms with Gasteiger partial charge in [-0.15, -0.1) is 11.8 Å². The minimum absolute atomic E-state index is 0.0849. The quantitative estimate of drug-likeness (QED) is 0.233. The number of likely N-dealkylation sites (tertiary alicyclic amines) is 1. The SMILES string of the molecule is CCOC(=O)CCCSc1ccc(CC2CCN(CCCNc3ccccc3)CC2)cc1. The number of hydrogen-bond acceptors (Lipinski definition) is 5. The summed E-state index contributed by atoms with van der Waals surface area (Å²) in [5.74, 6) is 1.67. The zero-order valence-corrected chi connectivity index (χ0v) is 20.2. The molecule has 2 aromatic carbocycles. The van der Waals surface area contributed by atoms with Crippen molar-refractivity contribution in [3.63, 3.8) is 0 Å². The number of carbonyl (C=O) groups is 1. The fraction of sp³-hybridized carbons (Fsp3) is 0.519. The van der Waals surface area contributed by atoms with Crippen molar-refractivity contribution in [2.45, 2.75) is 50.3 Å². The van der Waals surface area contributed by atoms with Gasteiger partial charge in [0.05, 0.1) is 6.61 Å². The van der Waals surface area contributed by atoms with E-state index in [1.54, 1.807) is 0 Å². The molecule has 0 bridgehead atoms. The van der Waals surface area contributed by atoms with Crippen molar-refractivity contribution in [3.8, 4) is 0 Å². The summed E-state index contributed by atoms with van der Waals surface area (Å²) in [5, 5.41) is 3.51. The second-order valence-corrected chi connectivity index (χ2v) is 9.70. The summed E-state index contributed by atoms with van der Waals surface area (Å²) < 4.78 is 4.98. The maximum atomic E-state index is 11.4. The van der Waals surface area contributed by atoms with E-state index in [1.165, 1.54) is 61.5 Å². The molecule has 2 aromatic rings. The first kappa shape index (κ1) is 24.7. The van der Waals surface area contributed by atoms with Crippen LogP contribution in [0.2, 0.25) is 0 Å². The molecular weight excluding hydrogens is 416 g/mol. The minimum Gasteiger partial charge on any atom is -0.466 e. The van der Waals surface area contributed by atoms with Crippen LogP contribution in [0.15, 0.2) is 59.5 Å². The van der Waals surface area contributed by atoms with E-state index in [4.69, 9.17) is 4.74 Å². The summed E-state index contributed by atoms with van der Waals surface area (Å²) in [7, 11) is 0. The number of para-hydroxylation sites is 1. The Balaban J connectivity index is 1.26. The Bertz CT molecular complexity index is 774. The van der Waals surface area contributed by atoms with Crippen LogP contribution in [0.25, 0.3) is 0 Å². The summed E-state index contributed by atoms with van der Waals surface area (Å²) >= 11 is 1.82. The van der Waals surface area contributed by atoms with Crippen LogP contribution < -0.4 is 5.32 Å². The van der Waals surface area contributed by atoms with Crippen LogP contribution >= 0.6 is 11.8 Å². The van der Waals surface area contributed by atoms with Gasteiger partial charge in [0.25, 0.3) is 0 Å².